The highest BCUT2D eigenvalue weighted by Gasteiger charge is 2.17. The fraction of sp³-hybridized carbons (Fsp3) is 0.462. The largest absolute Gasteiger partial charge is 0.456 e. The molecular weight excluding hydrogens is 202 g/mol. The molecule has 3 nitrogen and oxygen atoms in total. The molecule has 0 saturated heterocycles. The molecule has 0 aliphatic carbocycles. The number of rotatable bonds is 3. The molecule has 0 atom stereocenters. The van der Waals surface area contributed by atoms with Gasteiger partial charge in [-0.2, -0.15) is 0 Å². The topological polar surface area (TPSA) is 38.3 Å². The van der Waals surface area contributed by atoms with Gasteiger partial charge in [0.05, 0.1) is 5.56 Å². The highest BCUT2D eigenvalue weighted by molar-refractivity contribution is 5.89. The molecule has 1 N–H and O–H groups in total. The van der Waals surface area contributed by atoms with Crippen molar-refractivity contribution in [2.45, 2.75) is 32.9 Å². The summed E-state index contributed by atoms with van der Waals surface area (Å²) in [6.07, 6.45) is 0. The van der Waals surface area contributed by atoms with Crippen LogP contribution in [0.1, 0.15) is 36.7 Å². The molecule has 1 aromatic rings. The van der Waals surface area contributed by atoms with Crippen molar-refractivity contribution in [3.8, 4) is 0 Å². The third-order valence-corrected chi connectivity index (χ3v) is 1.97. The summed E-state index contributed by atoms with van der Waals surface area (Å²) in [5.74, 6) is -0.275. The number of carbonyl (C=O) groups is 1. The van der Waals surface area contributed by atoms with Gasteiger partial charge in [-0.3, -0.25) is 0 Å². The molecule has 0 heterocycles. The van der Waals surface area contributed by atoms with Crippen LogP contribution in [0.2, 0.25) is 0 Å². The first-order chi connectivity index (χ1) is 7.42. The average Bonchev–Trinajstić information content (AvgIpc) is 2.16. The van der Waals surface area contributed by atoms with E-state index in [1.807, 2.05) is 40.0 Å². The van der Waals surface area contributed by atoms with Gasteiger partial charge in [-0.25, -0.2) is 4.79 Å². The Kier molecular flexibility index (Phi) is 4.07. The lowest BCUT2D eigenvalue weighted by molar-refractivity contribution is 0.00695. The van der Waals surface area contributed by atoms with Gasteiger partial charge in [0.25, 0.3) is 0 Å². The Balaban J connectivity index is 2.70. The van der Waals surface area contributed by atoms with E-state index in [1.165, 1.54) is 0 Å². The SMILES string of the molecule is CNCc1ccc(C(=O)OC(C)(C)C)cc1. The molecule has 0 aliphatic heterocycles. The number of hydrogen-bond acceptors (Lipinski definition) is 3. The van der Waals surface area contributed by atoms with Crippen molar-refractivity contribution in [2.24, 2.45) is 0 Å². The van der Waals surface area contributed by atoms with Crippen molar-refractivity contribution in [3.63, 3.8) is 0 Å². The maximum absolute atomic E-state index is 11.7. The van der Waals surface area contributed by atoms with Crippen molar-refractivity contribution in [1.82, 2.24) is 5.32 Å². The van der Waals surface area contributed by atoms with Gasteiger partial charge < -0.3 is 10.1 Å². The zero-order chi connectivity index (χ0) is 12.2. The molecule has 16 heavy (non-hydrogen) atoms. The zero-order valence-electron chi connectivity index (χ0n) is 10.3. The van der Waals surface area contributed by atoms with Crippen LogP contribution >= 0.6 is 0 Å². The Labute approximate surface area is 96.8 Å². The fourth-order valence-corrected chi connectivity index (χ4v) is 1.30. The number of benzene rings is 1. The molecule has 0 saturated carbocycles. The molecule has 0 aromatic heterocycles. The highest BCUT2D eigenvalue weighted by Crippen LogP contribution is 2.12. The summed E-state index contributed by atoms with van der Waals surface area (Å²) in [5, 5.41) is 3.05. The number of ether oxygens (including phenoxy) is 1. The molecule has 1 aromatic carbocycles. The Morgan fingerprint density at radius 2 is 1.81 bits per heavy atom. The van der Waals surface area contributed by atoms with E-state index in [1.54, 1.807) is 12.1 Å². The van der Waals surface area contributed by atoms with E-state index in [0.717, 1.165) is 12.1 Å². The summed E-state index contributed by atoms with van der Waals surface area (Å²) in [5.41, 5.74) is 1.30. The van der Waals surface area contributed by atoms with E-state index in [2.05, 4.69) is 5.32 Å². The monoisotopic (exact) mass is 221 g/mol. The predicted molar refractivity (Wildman–Crippen MR) is 64.4 cm³/mol. The Bertz CT molecular complexity index is 349. The van der Waals surface area contributed by atoms with Gasteiger partial charge in [0.1, 0.15) is 5.60 Å². The Hall–Kier alpha value is -1.35. The first-order valence-electron chi connectivity index (χ1n) is 5.39. The van der Waals surface area contributed by atoms with Crippen LogP contribution in [-0.2, 0) is 11.3 Å². The molecule has 0 bridgehead atoms. The minimum absolute atomic E-state index is 0.275. The highest BCUT2D eigenvalue weighted by atomic mass is 16.6. The second-order valence-electron chi connectivity index (χ2n) is 4.73. The van der Waals surface area contributed by atoms with Gasteiger partial charge in [-0.05, 0) is 45.5 Å². The first-order valence-corrected chi connectivity index (χ1v) is 5.39. The lowest BCUT2D eigenvalue weighted by Gasteiger charge is -2.19. The predicted octanol–water partition coefficient (Wildman–Crippen LogP) is 2.36. The maximum Gasteiger partial charge on any atom is 0.338 e. The summed E-state index contributed by atoms with van der Waals surface area (Å²) in [4.78, 5) is 11.7. The van der Waals surface area contributed by atoms with Crippen LogP contribution in [0.5, 0.6) is 0 Å². The second-order valence-corrected chi connectivity index (χ2v) is 4.73. The van der Waals surface area contributed by atoms with Crippen LogP contribution < -0.4 is 5.32 Å². The van der Waals surface area contributed by atoms with Crippen LogP contribution in [0.4, 0.5) is 0 Å². The number of carbonyl (C=O) groups excluding carboxylic acids is 1. The Morgan fingerprint density at radius 1 is 1.25 bits per heavy atom. The van der Waals surface area contributed by atoms with Crippen molar-refractivity contribution < 1.29 is 9.53 Å². The van der Waals surface area contributed by atoms with E-state index in [4.69, 9.17) is 4.74 Å². The van der Waals surface area contributed by atoms with E-state index >= 15 is 0 Å². The third-order valence-electron chi connectivity index (χ3n) is 1.97. The fourth-order valence-electron chi connectivity index (χ4n) is 1.30. The number of nitrogens with one attached hydrogen (secondary N) is 1. The van der Waals surface area contributed by atoms with E-state index < -0.39 is 5.60 Å². The first kappa shape index (κ1) is 12.7. The third kappa shape index (κ3) is 4.03. The van der Waals surface area contributed by atoms with Crippen LogP contribution in [0.3, 0.4) is 0 Å². The molecule has 0 amide bonds. The number of hydrogen-bond donors (Lipinski definition) is 1. The second kappa shape index (κ2) is 5.12. The van der Waals surface area contributed by atoms with E-state index in [9.17, 15) is 4.79 Å². The quantitative estimate of drug-likeness (QED) is 0.796. The average molecular weight is 221 g/mol. The van der Waals surface area contributed by atoms with Crippen molar-refractivity contribution in [1.29, 1.82) is 0 Å². The summed E-state index contributed by atoms with van der Waals surface area (Å²) in [6.45, 7) is 6.38. The molecule has 3 heteroatoms. The van der Waals surface area contributed by atoms with Crippen molar-refractivity contribution in [3.05, 3.63) is 35.4 Å². The molecular formula is C13H19NO2. The molecule has 0 spiro atoms. The zero-order valence-corrected chi connectivity index (χ0v) is 10.3. The normalized spacial score (nSPS) is 11.2. The van der Waals surface area contributed by atoms with Crippen molar-refractivity contribution >= 4 is 5.97 Å². The van der Waals surface area contributed by atoms with E-state index in [0.29, 0.717) is 5.56 Å². The number of esters is 1. The van der Waals surface area contributed by atoms with E-state index in [-0.39, 0.29) is 5.97 Å². The van der Waals surface area contributed by atoms with Crippen LogP contribution in [0.25, 0.3) is 0 Å². The molecule has 0 fully saturated rings. The van der Waals surface area contributed by atoms with Crippen molar-refractivity contribution in [2.75, 3.05) is 7.05 Å². The summed E-state index contributed by atoms with van der Waals surface area (Å²) in [7, 11) is 1.89. The van der Waals surface area contributed by atoms with Crippen LogP contribution in [0, 0.1) is 0 Å². The molecule has 1 rings (SSSR count). The summed E-state index contributed by atoms with van der Waals surface area (Å²) >= 11 is 0. The molecule has 0 radical (unpaired) electrons. The van der Waals surface area contributed by atoms with Gasteiger partial charge in [-0.15, -0.1) is 0 Å². The van der Waals surface area contributed by atoms with Gasteiger partial charge >= 0.3 is 5.97 Å². The van der Waals surface area contributed by atoms with Gasteiger partial charge in [0.15, 0.2) is 0 Å². The van der Waals surface area contributed by atoms with Gasteiger partial charge in [-0.1, -0.05) is 12.1 Å². The van der Waals surface area contributed by atoms with Gasteiger partial charge in [0, 0.05) is 6.54 Å². The Morgan fingerprint density at radius 3 is 2.25 bits per heavy atom. The minimum Gasteiger partial charge on any atom is -0.456 e. The lowest BCUT2D eigenvalue weighted by atomic mass is 10.1. The molecule has 0 unspecified atom stereocenters. The van der Waals surface area contributed by atoms with Crippen LogP contribution in [0.15, 0.2) is 24.3 Å². The molecule has 0 aliphatic rings. The minimum atomic E-state index is -0.444. The maximum atomic E-state index is 11.7. The summed E-state index contributed by atoms with van der Waals surface area (Å²) in [6, 6.07) is 7.44. The smallest absolute Gasteiger partial charge is 0.338 e. The molecule has 88 valence electrons. The standard InChI is InChI=1S/C13H19NO2/c1-13(2,3)16-12(15)11-7-5-10(6-8-11)9-14-4/h5-8,14H,9H2,1-4H3. The summed E-state index contributed by atoms with van der Waals surface area (Å²) < 4.78 is 5.27. The van der Waals surface area contributed by atoms with Crippen LogP contribution in [-0.4, -0.2) is 18.6 Å². The lowest BCUT2D eigenvalue weighted by Crippen LogP contribution is -2.23. The van der Waals surface area contributed by atoms with Gasteiger partial charge in [0.2, 0.25) is 0 Å².